The van der Waals surface area contributed by atoms with Crippen LogP contribution in [0.1, 0.15) is 19.8 Å². The molecule has 0 aliphatic carbocycles. The normalized spacial score (nSPS) is 18.1. The Hall–Kier alpha value is -2.62. The van der Waals surface area contributed by atoms with Gasteiger partial charge in [-0.2, -0.15) is 0 Å². The Balaban J connectivity index is 2.01. The molecule has 0 unspecified atom stereocenters. The number of amides is 2. The first-order valence-electron chi connectivity index (χ1n) is 7.58. The van der Waals surface area contributed by atoms with Crippen molar-refractivity contribution in [3.05, 3.63) is 28.3 Å². The van der Waals surface area contributed by atoms with Gasteiger partial charge in [-0.15, -0.1) is 0 Å². The van der Waals surface area contributed by atoms with Crippen LogP contribution in [0.25, 0.3) is 0 Å². The number of amidine groups is 1. The lowest BCUT2D eigenvalue weighted by molar-refractivity contribution is -0.384. The van der Waals surface area contributed by atoms with E-state index in [0.717, 1.165) is 6.42 Å². The summed E-state index contributed by atoms with van der Waals surface area (Å²) in [4.78, 5) is 38.5. The first kappa shape index (κ1) is 18.7. The van der Waals surface area contributed by atoms with E-state index in [1.165, 1.54) is 37.1 Å². The zero-order valence-electron chi connectivity index (χ0n) is 13.8. The monoisotopic (exact) mass is 366 g/mol. The van der Waals surface area contributed by atoms with Crippen molar-refractivity contribution in [2.75, 3.05) is 19.0 Å². The van der Waals surface area contributed by atoms with Crippen molar-refractivity contribution in [2.45, 2.75) is 25.0 Å². The van der Waals surface area contributed by atoms with Crippen LogP contribution >= 0.6 is 11.8 Å². The summed E-state index contributed by atoms with van der Waals surface area (Å²) in [5.41, 5.74) is 0.165. The number of methoxy groups -OCH3 is 1. The number of hydrogen-bond donors (Lipinski definition) is 2. The van der Waals surface area contributed by atoms with Crippen LogP contribution in [0.15, 0.2) is 23.2 Å². The molecule has 25 heavy (non-hydrogen) atoms. The summed E-state index contributed by atoms with van der Waals surface area (Å²) in [7, 11) is 1.35. The molecule has 1 aliphatic heterocycles. The molecule has 134 valence electrons. The van der Waals surface area contributed by atoms with Crippen LogP contribution < -0.4 is 15.4 Å². The van der Waals surface area contributed by atoms with Crippen molar-refractivity contribution in [1.82, 2.24) is 5.32 Å². The van der Waals surface area contributed by atoms with Gasteiger partial charge in [0.1, 0.15) is 11.0 Å². The first-order chi connectivity index (χ1) is 11.9. The molecule has 2 amide bonds. The number of ether oxygens (including phenoxy) is 1. The van der Waals surface area contributed by atoms with E-state index in [9.17, 15) is 19.7 Å². The van der Waals surface area contributed by atoms with Gasteiger partial charge in [-0.05, 0) is 12.5 Å². The number of nitrogens with one attached hydrogen (secondary N) is 2. The molecule has 1 heterocycles. The molecule has 1 aromatic rings. The van der Waals surface area contributed by atoms with Crippen molar-refractivity contribution in [2.24, 2.45) is 4.99 Å². The highest BCUT2D eigenvalue weighted by atomic mass is 32.2. The van der Waals surface area contributed by atoms with E-state index in [-0.39, 0.29) is 23.8 Å². The van der Waals surface area contributed by atoms with Gasteiger partial charge >= 0.3 is 0 Å². The van der Waals surface area contributed by atoms with Gasteiger partial charge < -0.3 is 15.4 Å². The topological polar surface area (TPSA) is 123 Å². The lowest BCUT2D eigenvalue weighted by Gasteiger charge is -2.11. The van der Waals surface area contributed by atoms with Crippen LogP contribution in [0.2, 0.25) is 0 Å². The fourth-order valence-corrected chi connectivity index (χ4v) is 3.09. The molecule has 2 N–H and O–H groups in total. The number of carbonyl (C=O) groups excluding carboxylic acids is 2. The molecule has 1 aliphatic rings. The third-order valence-corrected chi connectivity index (χ3v) is 4.42. The molecular weight excluding hydrogens is 348 g/mol. The number of non-ortho nitro benzene ring substituents is 1. The number of carbonyl (C=O) groups is 2. The van der Waals surface area contributed by atoms with Crippen molar-refractivity contribution in [3.63, 3.8) is 0 Å². The molecule has 2 rings (SSSR count). The lowest BCUT2D eigenvalue weighted by Crippen LogP contribution is -2.28. The molecule has 1 saturated heterocycles. The molecular formula is C15H18N4O5S. The van der Waals surface area contributed by atoms with Crippen molar-refractivity contribution >= 4 is 40.1 Å². The first-order valence-corrected chi connectivity index (χ1v) is 8.46. The molecule has 0 bridgehead atoms. The quantitative estimate of drug-likeness (QED) is 0.561. The van der Waals surface area contributed by atoms with E-state index in [1.54, 1.807) is 0 Å². The van der Waals surface area contributed by atoms with Gasteiger partial charge in [-0.1, -0.05) is 18.7 Å². The van der Waals surface area contributed by atoms with E-state index in [2.05, 4.69) is 15.6 Å². The molecule has 1 aromatic carbocycles. The minimum atomic E-state index is -0.556. The Morgan fingerprint density at radius 3 is 2.92 bits per heavy atom. The van der Waals surface area contributed by atoms with Gasteiger partial charge in [0.15, 0.2) is 5.17 Å². The summed E-state index contributed by atoms with van der Waals surface area (Å²) in [6.07, 6.45) is 0.826. The van der Waals surface area contributed by atoms with Crippen molar-refractivity contribution in [3.8, 4) is 5.75 Å². The Labute approximate surface area is 148 Å². The molecule has 0 aromatic heterocycles. The minimum Gasteiger partial charge on any atom is -0.494 e. The number of nitro benzene ring substituents is 1. The maximum atomic E-state index is 12.2. The number of benzene rings is 1. The predicted octanol–water partition coefficient (Wildman–Crippen LogP) is 1.93. The highest BCUT2D eigenvalue weighted by Crippen LogP contribution is 2.30. The smallest absolute Gasteiger partial charge is 0.273 e. The zero-order chi connectivity index (χ0) is 18.4. The lowest BCUT2D eigenvalue weighted by atomic mass is 10.2. The summed E-state index contributed by atoms with van der Waals surface area (Å²) in [6.45, 7) is 2.59. The Kier molecular flexibility index (Phi) is 6.34. The fraction of sp³-hybridized carbons (Fsp3) is 0.400. The van der Waals surface area contributed by atoms with Crippen LogP contribution in [0.4, 0.5) is 11.4 Å². The molecule has 0 radical (unpaired) electrons. The van der Waals surface area contributed by atoms with E-state index >= 15 is 0 Å². The number of thioether (sulfide) groups is 1. The SMILES string of the molecule is CCCN=C1NC(=O)[C@@H](CC(=O)Nc2ccc([N+](=O)[O-])cc2OC)S1. The molecule has 0 saturated carbocycles. The second kappa shape index (κ2) is 8.47. The fourth-order valence-electron chi connectivity index (χ4n) is 2.09. The third-order valence-electron chi connectivity index (χ3n) is 3.30. The van der Waals surface area contributed by atoms with Crippen LogP contribution in [0.3, 0.4) is 0 Å². The largest absolute Gasteiger partial charge is 0.494 e. The number of nitrogens with zero attached hydrogens (tertiary/aromatic N) is 2. The van der Waals surface area contributed by atoms with Crippen LogP contribution in [0, 0.1) is 10.1 Å². The van der Waals surface area contributed by atoms with Crippen LogP contribution in [-0.2, 0) is 9.59 Å². The molecule has 1 fully saturated rings. The second-order valence-electron chi connectivity index (χ2n) is 5.18. The highest BCUT2D eigenvalue weighted by Gasteiger charge is 2.32. The zero-order valence-corrected chi connectivity index (χ0v) is 14.6. The van der Waals surface area contributed by atoms with Gasteiger partial charge in [0, 0.05) is 19.0 Å². The second-order valence-corrected chi connectivity index (χ2v) is 6.37. The van der Waals surface area contributed by atoms with Gasteiger partial charge in [0.05, 0.1) is 23.8 Å². The molecule has 1 atom stereocenters. The van der Waals surface area contributed by atoms with Crippen LogP contribution in [-0.4, -0.2) is 40.8 Å². The Morgan fingerprint density at radius 2 is 2.28 bits per heavy atom. The standard InChI is InChI=1S/C15H18N4O5S/c1-3-6-16-15-18-14(21)12(25-15)8-13(20)17-10-5-4-9(19(22)23)7-11(10)24-2/h4-5,7,12H,3,6,8H2,1-2H3,(H,17,20)(H,16,18,21)/t12-/m1/s1. The van der Waals surface area contributed by atoms with E-state index in [4.69, 9.17) is 4.74 Å². The van der Waals surface area contributed by atoms with E-state index in [0.29, 0.717) is 17.4 Å². The summed E-state index contributed by atoms with van der Waals surface area (Å²) in [6, 6.07) is 3.89. The maximum Gasteiger partial charge on any atom is 0.273 e. The molecule has 10 heteroatoms. The highest BCUT2D eigenvalue weighted by molar-refractivity contribution is 8.15. The summed E-state index contributed by atoms with van der Waals surface area (Å²) >= 11 is 1.22. The number of rotatable bonds is 7. The average molecular weight is 366 g/mol. The number of hydrogen-bond acceptors (Lipinski definition) is 7. The summed E-state index contributed by atoms with van der Waals surface area (Å²) < 4.78 is 5.07. The summed E-state index contributed by atoms with van der Waals surface area (Å²) in [5.74, 6) is -0.474. The average Bonchev–Trinajstić information content (AvgIpc) is 2.92. The Morgan fingerprint density at radius 1 is 1.52 bits per heavy atom. The van der Waals surface area contributed by atoms with Crippen molar-refractivity contribution < 1.29 is 19.2 Å². The number of anilines is 1. The van der Waals surface area contributed by atoms with E-state index in [1.807, 2.05) is 6.92 Å². The van der Waals surface area contributed by atoms with Gasteiger partial charge in [-0.25, -0.2) is 0 Å². The van der Waals surface area contributed by atoms with Gasteiger partial charge in [0.2, 0.25) is 11.8 Å². The van der Waals surface area contributed by atoms with Crippen LogP contribution in [0.5, 0.6) is 5.75 Å². The van der Waals surface area contributed by atoms with Gasteiger partial charge in [-0.3, -0.25) is 24.7 Å². The third kappa shape index (κ3) is 4.92. The van der Waals surface area contributed by atoms with Crippen molar-refractivity contribution in [1.29, 1.82) is 0 Å². The molecule has 0 spiro atoms. The maximum absolute atomic E-state index is 12.2. The minimum absolute atomic E-state index is 0.0399. The molecule has 9 nitrogen and oxygen atoms in total. The Bertz CT molecular complexity index is 722. The predicted molar refractivity (Wildman–Crippen MR) is 95.0 cm³/mol. The summed E-state index contributed by atoms with van der Waals surface area (Å²) in [5, 5.41) is 16.0. The van der Waals surface area contributed by atoms with Gasteiger partial charge in [0.25, 0.3) is 5.69 Å². The number of aliphatic imine (C=N–C) groups is 1. The number of nitro groups is 1. The van der Waals surface area contributed by atoms with E-state index < -0.39 is 16.1 Å².